The van der Waals surface area contributed by atoms with Crippen molar-refractivity contribution in [2.45, 2.75) is 58.8 Å². The molecule has 1 unspecified atom stereocenters. The van der Waals surface area contributed by atoms with E-state index in [0.29, 0.717) is 5.92 Å². The van der Waals surface area contributed by atoms with E-state index in [0.717, 1.165) is 0 Å². The van der Waals surface area contributed by atoms with Gasteiger partial charge in [-0.3, -0.25) is 4.98 Å². The lowest BCUT2D eigenvalue weighted by atomic mass is 9.83. The van der Waals surface area contributed by atoms with Crippen molar-refractivity contribution in [2.24, 2.45) is 0 Å². The number of rotatable bonds is 3. The number of nitrogens with zero attached hydrogens (tertiary/aromatic N) is 1. The Hall–Kier alpha value is -0.850. The lowest BCUT2D eigenvalue weighted by Gasteiger charge is -2.24. The Labute approximate surface area is 93.9 Å². The molecule has 0 aromatic carbocycles. The molecule has 1 aromatic heterocycles. The van der Waals surface area contributed by atoms with Gasteiger partial charge in [0.05, 0.1) is 0 Å². The van der Waals surface area contributed by atoms with Gasteiger partial charge in [-0.2, -0.15) is 0 Å². The van der Waals surface area contributed by atoms with Gasteiger partial charge in [-0.05, 0) is 24.0 Å². The van der Waals surface area contributed by atoms with Crippen molar-refractivity contribution >= 4 is 0 Å². The lowest BCUT2D eigenvalue weighted by Crippen LogP contribution is -2.17. The van der Waals surface area contributed by atoms with Crippen LogP contribution in [0.5, 0.6) is 0 Å². The molecule has 0 N–H and O–H groups in total. The first-order valence-corrected chi connectivity index (χ1v) is 5.92. The molecule has 1 heteroatoms. The summed E-state index contributed by atoms with van der Waals surface area (Å²) >= 11 is 0. The van der Waals surface area contributed by atoms with E-state index < -0.39 is 0 Å². The van der Waals surface area contributed by atoms with Crippen molar-refractivity contribution < 1.29 is 0 Å². The molecule has 0 bridgehead atoms. The molecule has 0 aliphatic heterocycles. The van der Waals surface area contributed by atoms with Crippen molar-refractivity contribution in [3.8, 4) is 0 Å². The van der Waals surface area contributed by atoms with Crippen LogP contribution in [-0.4, -0.2) is 4.98 Å². The first kappa shape index (κ1) is 12.2. The van der Waals surface area contributed by atoms with Gasteiger partial charge < -0.3 is 0 Å². The molecule has 0 aliphatic carbocycles. The first-order chi connectivity index (χ1) is 6.96. The van der Waals surface area contributed by atoms with Gasteiger partial charge in [-0.15, -0.1) is 0 Å². The third-order valence-corrected chi connectivity index (χ3v) is 2.80. The average molecular weight is 205 g/mol. The number of pyridine rings is 1. The SMILES string of the molecule is CCCC(C)c1cccnc1C(C)(C)C. The average Bonchev–Trinajstić information content (AvgIpc) is 2.17. The minimum atomic E-state index is 0.151. The summed E-state index contributed by atoms with van der Waals surface area (Å²) in [5.74, 6) is 0.623. The molecule has 1 heterocycles. The summed E-state index contributed by atoms with van der Waals surface area (Å²) in [6.07, 6.45) is 4.39. The Kier molecular flexibility index (Phi) is 3.90. The molecule has 0 radical (unpaired) electrons. The highest BCUT2D eigenvalue weighted by molar-refractivity contribution is 5.28. The van der Waals surface area contributed by atoms with Crippen LogP contribution < -0.4 is 0 Å². The minimum Gasteiger partial charge on any atom is -0.260 e. The van der Waals surface area contributed by atoms with E-state index in [4.69, 9.17) is 0 Å². The van der Waals surface area contributed by atoms with Crippen LogP contribution >= 0.6 is 0 Å². The van der Waals surface area contributed by atoms with Crippen LogP contribution in [0.1, 0.15) is 64.6 Å². The maximum absolute atomic E-state index is 4.55. The normalized spacial score (nSPS) is 13.9. The fraction of sp³-hybridized carbons (Fsp3) is 0.643. The Morgan fingerprint density at radius 2 is 2.00 bits per heavy atom. The molecule has 1 atom stereocenters. The van der Waals surface area contributed by atoms with Gasteiger partial charge in [-0.1, -0.05) is 47.1 Å². The summed E-state index contributed by atoms with van der Waals surface area (Å²) in [5, 5.41) is 0. The monoisotopic (exact) mass is 205 g/mol. The van der Waals surface area contributed by atoms with Gasteiger partial charge in [0.1, 0.15) is 0 Å². The number of aromatic nitrogens is 1. The van der Waals surface area contributed by atoms with Crippen LogP contribution in [0.3, 0.4) is 0 Å². The predicted molar refractivity (Wildman–Crippen MR) is 66.3 cm³/mol. The summed E-state index contributed by atoms with van der Waals surface area (Å²) in [5.41, 5.74) is 2.83. The number of hydrogen-bond donors (Lipinski definition) is 0. The zero-order chi connectivity index (χ0) is 11.5. The second-order valence-corrected chi connectivity index (χ2v) is 5.38. The highest BCUT2D eigenvalue weighted by atomic mass is 14.7. The fourth-order valence-corrected chi connectivity index (χ4v) is 2.03. The molecule has 0 saturated carbocycles. The second-order valence-electron chi connectivity index (χ2n) is 5.38. The van der Waals surface area contributed by atoms with E-state index in [1.54, 1.807) is 0 Å². The second kappa shape index (κ2) is 4.78. The molecule has 84 valence electrons. The van der Waals surface area contributed by atoms with Gasteiger partial charge in [-0.25, -0.2) is 0 Å². The Morgan fingerprint density at radius 1 is 1.33 bits per heavy atom. The van der Waals surface area contributed by atoms with Crippen molar-refractivity contribution in [1.29, 1.82) is 0 Å². The Morgan fingerprint density at radius 3 is 2.53 bits per heavy atom. The third-order valence-electron chi connectivity index (χ3n) is 2.80. The van der Waals surface area contributed by atoms with Crippen LogP contribution in [0.15, 0.2) is 18.3 Å². The van der Waals surface area contributed by atoms with Gasteiger partial charge in [0, 0.05) is 17.3 Å². The Balaban J connectivity index is 3.06. The standard InChI is InChI=1S/C14H23N/c1-6-8-11(2)12-9-7-10-15-13(12)14(3,4)5/h7,9-11H,6,8H2,1-5H3. The van der Waals surface area contributed by atoms with E-state index in [-0.39, 0.29) is 5.41 Å². The fourth-order valence-electron chi connectivity index (χ4n) is 2.03. The summed E-state index contributed by atoms with van der Waals surface area (Å²) in [4.78, 5) is 4.55. The van der Waals surface area contributed by atoms with E-state index in [1.807, 2.05) is 6.20 Å². The summed E-state index contributed by atoms with van der Waals surface area (Å²) in [6, 6.07) is 4.28. The minimum absolute atomic E-state index is 0.151. The van der Waals surface area contributed by atoms with Crippen molar-refractivity contribution in [3.05, 3.63) is 29.6 Å². The van der Waals surface area contributed by atoms with Crippen LogP contribution in [0, 0.1) is 0 Å². The van der Waals surface area contributed by atoms with E-state index >= 15 is 0 Å². The first-order valence-electron chi connectivity index (χ1n) is 5.92. The van der Waals surface area contributed by atoms with Crippen molar-refractivity contribution in [1.82, 2.24) is 4.98 Å². The molecular formula is C14H23N. The molecule has 0 spiro atoms. The zero-order valence-corrected chi connectivity index (χ0v) is 10.7. The van der Waals surface area contributed by atoms with Gasteiger partial charge in [0.15, 0.2) is 0 Å². The maximum Gasteiger partial charge on any atom is 0.0491 e. The molecule has 0 aliphatic rings. The summed E-state index contributed by atoms with van der Waals surface area (Å²) in [7, 11) is 0. The quantitative estimate of drug-likeness (QED) is 0.717. The lowest BCUT2D eigenvalue weighted by molar-refractivity contribution is 0.543. The Bertz CT molecular complexity index is 309. The molecule has 0 fully saturated rings. The van der Waals surface area contributed by atoms with Crippen LogP contribution in [-0.2, 0) is 5.41 Å². The van der Waals surface area contributed by atoms with Gasteiger partial charge in [0.2, 0.25) is 0 Å². The number of hydrogen-bond acceptors (Lipinski definition) is 1. The van der Waals surface area contributed by atoms with E-state index in [2.05, 4.69) is 51.7 Å². The molecule has 1 rings (SSSR count). The highest BCUT2D eigenvalue weighted by Gasteiger charge is 2.21. The predicted octanol–water partition coefficient (Wildman–Crippen LogP) is 4.28. The summed E-state index contributed by atoms with van der Waals surface area (Å²) < 4.78 is 0. The van der Waals surface area contributed by atoms with E-state index in [9.17, 15) is 0 Å². The largest absolute Gasteiger partial charge is 0.260 e. The molecule has 1 aromatic rings. The van der Waals surface area contributed by atoms with Crippen LogP contribution in [0.25, 0.3) is 0 Å². The topological polar surface area (TPSA) is 12.9 Å². The van der Waals surface area contributed by atoms with Crippen LogP contribution in [0.4, 0.5) is 0 Å². The zero-order valence-electron chi connectivity index (χ0n) is 10.7. The molecule has 0 saturated heterocycles. The molecule has 0 amide bonds. The van der Waals surface area contributed by atoms with Crippen LogP contribution in [0.2, 0.25) is 0 Å². The summed E-state index contributed by atoms with van der Waals surface area (Å²) in [6.45, 7) is 11.2. The van der Waals surface area contributed by atoms with Gasteiger partial charge >= 0.3 is 0 Å². The molecule has 15 heavy (non-hydrogen) atoms. The third kappa shape index (κ3) is 3.05. The highest BCUT2D eigenvalue weighted by Crippen LogP contribution is 2.30. The van der Waals surface area contributed by atoms with Gasteiger partial charge in [0.25, 0.3) is 0 Å². The van der Waals surface area contributed by atoms with Crippen molar-refractivity contribution in [3.63, 3.8) is 0 Å². The smallest absolute Gasteiger partial charge is 0.0491 e. The maximum atomic E-state index is 4.55. The molecule has 1 nitrogen and oxygen atoms in total. The van der Waals surface area contributed by atoms with E-state index in [1.165, 1.54) is 24.1 Å². The molecular weight excluding hydrogens is 182 g/mol. The van der Waals surface area contributed by atoms with Crippen molar-refractivity contribution in [2.75, 3.05) is 0 Å².